The maximum atomic E-state index is 11.0. The molecule has 0 radical (unpaired) electrons. The topological polar surface area (TPSA) is 104 Å². The second-order valence-electron chi connectivity index (χ2n) is 3.18. The molecule has 0 aliphatic heterocycles. The van der Waals surface area contributed by atoms with Crippen LogP contribution in [0.15, 0.2) is 0 Å². The fourth-order valence-electron chi connectivity index (χ4n) is 0.970. The Hall–Kier alpha value is -1.30. The number of carbonyl (C=O) groups is 2. The van der Waals surface area contributed by atoms with Crippen LogP contribution >= 0.6 is 0 Å². The molecule has 5 N–H and O–H groups in total. The number of urea groups is 1. The van der Waals surface area contributed by atoms with Gasteiger partial charge in [0.15, 0.2) is 0 Å². The Bertz CT molecular complexity index is 197. The summed E-state index contributed by atoms with van der Waals surface area (Å²) in [5.41, 5.74) is 5.26. The molecule has 0 aliphatic rings. The van der Waals surface area contributed by atoms with Gasteiger partial charge >= 0.3 is 12.0 Å². The Morgan fingerprint density at radius 2 is 1.67 bits per heavy atom. The first kappa shape index (κ1) is 13.7. The highest BCUT2D eigenvalue weighted by atomic mass is 16.4. The second kappa shape index (κ2) is 9.26. The minimum Gasteiger partial charge on any atom is -0.481 e. The summed E-state index contributed by atoms with van der Waals surface area (Å²) >= 11 is 0. The number of rotatable bonds is 8. The molecule has 2 amide bonds. The number of nitrogens with one attached hydrogen (secondary N) is 2. The molecule has 0 atom stereocenters. The summed E-state index contributed by atoms with van der Waals surface area (Å²) in [6.45, 7) is 1.62. The Kier molecular flexibility index (Phi) is 8.46. The van der Waals surface area contributed by atoms with Gasteiger partial charge in [-0.2, -0.15) is 0 Å². The first-order chi connectivity index (χ1) is 7.16. The van der Waals surface area contributed by atoms with E-state index in [2.05, 4.69) is 10.6 Å². The fourth-order valence-corrected chi connectivity index (χ4v) is 0.970. The molecule has 0 heterocycles. The van der Waals surface area contributed by atoms with Crippen molar-refractivity contribution in [1.29, 1.82) is 0 Å². The zero-order valence-corrected chi connectivity index (χ0v) is 8.79. The first-order valence-corrected chi connectivity index (χ1v) is 5.10. The molecule has 6 heteroatoms. The van der Waals surface area contributed by atoms with Crippen molar-refractivity contribution >= 4 is 12.0 Å². The molecule has 0 rings (SSSR count). The molecule has 0 bridgehead atoms. The summed E-state index contributed by atoms with van der Waals surface area (Å²) in [7, 11) is 0. The Balaban J connectivity index is 3.20. The molecule has 0 fully saturated rings. The normalized spacial score (nSPS) is 9.67. The van der Waals surface area contributed by atoms with E-state index in [0.29, 0.717) is 32.5 Å². The number of carboxylic acids is 1. The summed E-state index contributed by atoms with van der Waals surface area (Å²) in [5.74, 6) is -0.803. The number of carbonyl (C=O) groups excluding carboxylic acids is 1. The van der Waals surface area contributed by atoms with Crippen molar-refractivity contribution in [3.05, 3.63) is 0 Å². The van der Waals surface area contributed by atoms with Gasteiger partial charge in [0, 0.05) is 19.5 Å². The van der Waals surface area contributed by atoms with E-state index >= 15 is 0 Å². The van der Waals surface area contributed by atoms with Crippen LogP contribution in [-0.4, -0.2) is 36.7 Å². The zero-order valence-electron chi connectivity index (χ0n) is 8.79. The van der Waals surface area contributed by atoms with E-state index in [0.717, 1.165) is 6.42 Å². The largest absolute Gasteiger partial charge is 0.481 e. The number of nitrogens with two attached hydrogens (primary N) is 1. The standard InChI is InChI=1S/C9H19N3O3/c10-5-3-7-12-9(15)11-6-2-1-4-8(13)14/h1-7,10H2,(H,13,14)(H2,11,12,15). The van der Waals surface area contributed by atoms with Gasteiger partial charge in [0.2, 0.25) is 0 Å². The molecule has 0 aliphatic carbocycles. The fraction of sp³-hybridized carbons (Fsp3) is 0.778. The van der Waals surface area contributed by atoms with Gasteiger partial charge in [-0.15, -0.1) is 0 Å². The minimum atomic E-state index is -0.803. The van der Waals surface area contributed by atoms with Crippen molar-refractivity contribution in [2.75, 3.05) is 19.6 Å². The lowest BCUT2D eigenvalue weighted by Gasteiger charge is -2.06. The van der Waals surface area contributed by atoms with Gasteiger partial charge in [-0.25, -0.2) is 4.79 Å². The molecule has 15 heavy (non-hydrogen) atoms. The molecule has 0 saturated carbocycles. The smallest absolute Gasteiger partial charge is 0.314 e. The van der Waals surface area contributed by atoms with Crippen LogP contribution in [0.25, 0.3) is 0 Å². The average Bonchev–Trinajstić information content (AvgIpc) is 2.17. The number of hydrogen-bond acceptors (Lipinski definition) is 3. The van der Waals surface area contributed by atoms with Gasteiger partial charge in [0.1, 0.15) is 0 Å². The monoisotopic (exact) mass is 217 g/mol. The van der Waals surface area contributed by atoms with Crippen LogP contribution in [0.2, 0.25) is 0 Å². The molecular formula is C9H19N3O3. The molecule has 0 unspecified atom stereocenters. The summed E-state index contributed by atoms with van der Waals surface area (Å²) in [6.07, 6.45) is 2.16. The maximum Gasteiger partial charge on any atom is 0.314 e. The predicted molar refractivity (Wildman–Crippen MR) is 56.6 cm³/mol. The highest BCUT2D eigenvalue weighted by Crippen LogP contribution is 1.92. The SMILES string of the molecule is NCCCNC(=O)NCCCCC(=O)O. The molecule has 88 valence electrons. The van der Waals surface area contributed by atoms with Crippen LogP contribution in [0.3, 0.4) is 0 Å². The zero-order chi connectivity index (χ0) is 11.5. The molecular weight excluding hydrogens is 198 g/mol. The van der Waals surface area contributed by atoms with E-state index in [-0.39, 0.29) is 12.5 Å². The number of aliphatic carboxylic acids is 1. The quantitative estimate of drug-likeness (QED) is 0.426. The van der Waals surface area contributed by atoms with Gasteiger partial charge < -0.3 is 21.5 Å². The van der Waals surface area contributed by atoms with Crippen LogP contribution in [0.4, 0.5) is 4.79 Å². The van der Waals surface area contributed by atoms with Gasteiger partial charge in [0.05, 0.1) is 0 Å². The van der Waals surface area contributed by atoms with Crippen molar-refractivity contribution in [3.63, 3.8) is 0 Å². The van der Waals surface area contributed by atoms with Crippen molar-refractivity contribution in [1.82, 2.24) is 10.6 Å². The predicted octanol–water partition coefficient (Wildman–Crippen LogP) is -0.111. The van der Waals surface area contributed by atoms with Crippen LogP contribution in [0.5, 0.6) is 0 Å². The number of hydrogen-bond donors (Lipinski definition) is 4. The lowest BCUT2D eigenvalue weighted by atomic mass is 10.2. The molecule has 0 spiro atoms. The molecule has 0 aromatic rings. The van der Waals surface area contributed by atoms with Crippen LogP contribution in [0, 0.1) is 0 Å². The van der Waals surface area contributed by atoms with Gasteiger partial charge in [-0.05, 0) is 25.8 Å². The van der Waals surface area contributed by atoms with E-state index in [1.54, 1.807) is 0 Å². The number of carboxylic acid groups (broad SMARTS) is 1. The van der Waals surface area contributed by atoms with E-state index in [1.807, 2.05) is 0 Å². The van der Waals surface area contributed by atoms with Crippen LogP contribution < -0.4 is 16.4 Å². The summed E-state index contributed by atoms with van der Waals surface area (Å²) in [4.78, 5) is 21.2. The van der Waals surface area contributed by atoms with E-state index in [9.17, 15) is 9.59 Å². The minimum absolute atomic E-state index is 0.149. The van der Waals surface area contributed by atoms with Crippen molar-refractivity contribution in [2.24, 2.45) is 5.73 Å². The summed E-state index contributed by atoms with van der Waals surface area (Å²) in [5, 5.41) is 13.6. The third-order valence-corrected chi connectivity index (χ3v) is 1.77. The molecule has 6 nitrogen and oxygen atoms in total. The Labute approximate surface area is 89.2 Å². The van der Waals surface area contributed by atoms with Crippen LogP contribution in [-0.2, 0) is 4.79 Å². The third-order valence-electron chi connectivity index (χ3n) is 1.77. The third kappa shape index (κ3) is 10.6. The summed E-state index contributed by atoms with van der Waals surface area (Å²) in [6, 6.07) is -0.223. The lowest BCUT2D eigenvalue weighted by molar-refractivity contribution is -0.137. The summed E-state index contributed by atoms with van der Waals surface area (Å²) < 4.78 is 0. The maximum absolute atomic E-state index is 11.0. The van der Waals surface area contributed by atoms with E-state index < -0.39 is 5.97 Å². The average molecular weight is 217 g/mol. The number of amides is 2. The van der Waals surface area contributed by atoms with Crippen LogP contribution in [0.1, 0.15) is 25.7 Å². The van der Waals surface area contributed by atoms with Gasteiger partial charge in [0.25, 0.3) is 0 Å². The van der Waals surface area contributed by atoms with Gasteiger partial charge in [-0.3, -0.25) is 4.79 Å². The van der Waals surface area contributed by atoms with Crippen molar-refractivity contribution in [2.45, 2.75) is 25.7 Å². The van der Waals surface area contributed by atoms with Crippen molar-refractivity contribution < 1.29 is 14.7 Å². The second-order valence-corrected chi connectivity index (χ2v) is 3.18. The molecule has 0 saturated heterocycles. The molecule has 0 aromatic carbocycles. The Morgan fingerprint density at radius 1 is 1.07 bits per heavy atom. The highest BCUT2D eigenvalue weighted by molar-refractivity contribution is 5.73. The molecule has 0 aromatic heterocycles. The van der Waals surface area contributed by atoms with E-state index in [4.69, 9.17) is 10.8 Å². The lowest BCUT2D eigenvalue weighted by Crippen LogP contribution is -2.37. The van der Waals surface area contributed by atoms with Crippen molar-refractivity contribution in [3.8, 4) is 0 Å². The first-order valence-electron chi connectivity index (χ1n) is 5.10. The van der Waals surface area contributed by atoms with E-state index in [1.165, 1.54) is 0 Å². The highest BCUT2D eigenvalue weighted by Gasteiger charge is 1.99. The number of unbranched alkanes of at least 4 members (excludes halogenated alkanes) is 1. The Morgan fingerprint density at radius 3 is 2.20 bits per heavy atom. The van der Waals surface area contributed by atoms with Gasteiger partial charge in [-0.1, -0.05) is 0 Å².